The van der Waals surface area contributed by atoms with Crippen LogP contribution in [0.4, 0.5) is 0 Å². The number of rotatable bonds is 8. The molecule has 0 radical (unpaired) electrons. The van der Waals surface area contributed by atoms with Gasteiger partial charge in [0.2, 0.25) is 17.7 Å². The normalized spacial score (nSPS) is 18.7. The predicted molar refractivity (Wildman–Crippen MR) is 131 cm³/mol. The molecule has 1 heterocycles. The molecule has 0 aliphatic carbocycles. The lowest BCUT2D eigenvalue weighted by Crippen LogP contribution is -2.63. The standard InChI is InChI=1S/C27H33N3O5/c1-27(2,3)19-12-10-18(11-13-19)15-22(26(34)35-4)28-23(31)16-21-25(33)29-20(24(32)30-21)14-17-8-6-5-7-9-17/h5-13,20-22H,14-16H2,1-4H3,(H,28,31)(H,29,33)(H,30,32)/t20-,21-,22-/m0/s1. The summed E-state index contributed by atoms with van der Waals surface area (Å²) in [5, 5.41) is 7.97. The van der Waals surface area contributed by atoms with Crippen molar-refractivity contribution in [1.29, 1.82) is 0 Å². The summed E-state index contributed by atoms with van der Waals surface area (Å²) in [6.45, 7) is 6.34. The molecule has 1 saturated heterocycles. The summed E-state index contributed by atoms with van der Waals surface area (Å²) in [7, 11) is 1.26. The largest absolute Gasteiger partial charge is 0.467 e. The lowest BCUT2D eigenvalue weighted by Gasteiger charge is -2.29. The SMILES string of the molecule is COC(=O)[C@H](Cc1ccc(C(C)(C)C)cc1)NC(=O)C[C@@H]1NC(=O)[C@H](Cc2ccccc2)NC1=O. The van der Waals surface area contributed by atoms with E-state index in [1.807, 2.05) is 54.6 Å². The van der Waals surface area contributed by atoms with Crippen LogP contribution in [0.25, 0.3) is 0 Å². The van der Waals surface area contributed by atoms with Gasteiger partial charge in [0.1, 0.15) is 18.1 Å². The molecule has 2 aromatic carbocycles. The van der Waals surface area contributed by atoms with Gasteiger partial charge in [-0.3, -0.25) is 14.4 Å². The van der Waals surface area contributed by atoms with E-state index in [9.17, 15) is 19.2 Å². The van der Waals surface area contributed by atoms with Crippen LogP contribution in [-0.2, 0) is 42.2 Å². The second kappa shape index (κ2) is 11.2. The lowest BCUT2D eigenvalue weighted by molar-refractivity contribution is -0.145. The molecule has 0 unspecified atom stereocenters. The lowest BCUT2D eigenvalue weighted by atomic mass is 9.86. The first-order chi connectivity index (χ1) is 16.6. The van der Waals surface area contributed by atoms with Gasteiger partial charge in [-0.25, -0.2) is 4.79 Å². The van der Waals surface area contributed by atoms with Gasteiger partial charge in [-0.05, 0) is 22.1 Å². The van der Waals surface area contributed by atoms with Crippen LogP contribution < -0.4 is 16.0 Å². The molecule has 1 aliphatic rings. The minimum absolute atomic E-state index is 0.000393. The second-order valence-corrected chi connectivity index (χ2v) is 9.81. The first-order valence-corrected chi connectivity index (χ1v) is 11.7. The Bertz CT molecular complexity index is 1060. The van der Waals surface area contributed by atoms with Crippen molar-refractivity contribution < 1.29 is 23.9 Å². The maximum absolute atomic E-state index is 12.7. The number of hydrogen-bond donors (Lipinski definition) is 3. The fourth-order valence-corrected chi connectivity index (χ4v) is 3.96. The third-order valence-electron chi connectivity index (χ3n) is 6.02. The first-order valence-electron chi connectivity index (χ1n) is 11.7. The van der Waals surface area contributed by atoms with Gasteiger partial charge in [-0.1, -0.05) is 75.4 Å². The maximum atomic E-state index is 12.7. The molecule has 8 nitrogen and oxygen atoms in total. The highest BCUT2D eigenvalue weighted by Gasteiger charge is 2.35. The van der Waals surface area contributed by atoms with Gasteiger partial charge < -0.3 is 20.7 Å². The van der Waals surface area contributed by atoms with E-state index in [0.717, 1.165) is 16.7 Å². The number of hydrogen-bond acceptors (Lipinski definition) is 5. The fourth-order valence-electron chi connectivity index (χ4n) is 3.96. The number of carbonyl (C=O) groups excluding carboxylic acids is 4. The second-order valence-electron chi connectivity index (χ2n) is 9.81. The summed E-state index contributed by atoms with van der Waals surface area (Å²) in [6, 6.07) is 14.6. The van der Waals surface area contributed by atoms with Gasteiger partial charge in [0, 0.05) is 12.8 Å². The third-order valence-corrected chi connectivity index (χ3v) is 6.02. The molecule has 186 valence electrons. The zero-order chi connectivity index (χ0) is 25.6. The molecular formula is C27H33N3O5. The summed E-state index contributed by atoms with van der Waals surface area (Å²) in [5.41, 5.74) is 2.94. The van der Waals surface area contributed by atoms with Gasteiger partial charge in [0.05, 0.1) is 13.5 Å². The molecule has 2 aromatic rings. The van der Waals surface area contributed by atoms with Crippen molar-refractivity contribution in [3.05, 3.63) is 71.3 Å². The van der Waals surface area contributed by atoms with Gasteiger partial charge >= 0.3 is 5.97 Å². The molecule has 35 heavy (non-hydrogen) atoms. The van der Waals surface area contributed by atoms with Crippen LogP contribution >= 0.6 is 0 Å². The van der Waals surface area contributed by atoms with Crippen LogP contribution in [-0.4, -0.2) is 48.9 Å². The Balaban J connectivity index is 1.59. The molecule has 3 N–H and O–H groups in total. The van der Waals surface area contributed by atoms with Gasteiger partial charge in [0.15, 0.2) is 0 Å². The average molecular weight is 480 g/mol. The summed E-state index contributed by atoms with van der Waals surface area (Å²) < 4.78 is 4.86. The smallest absolute Gasteiger partial charge is 0.328 e. The van der Waals surface area contributed by atoms with Crippen LogP contribution in [0.5, 0.6) is 0 Å². The predicted octanol–water partition coefficient (Wildman–Crippen LogP) is 1.80. The van der Waals surface area contributed by atoms with Crippen LogP contribution in [0.1, 0.15) is 43.9 Å². The summed E-state index contributed by atoms with van der Waals surface area (Å²) in [4.78, 5) is 50.1. The van der Waals surface area contributed by atoms with Crippen LogP contribution in [0, 0.1) is 0 Å². The first kappa shape index (κ1) is 25.9. The molecule has 3 amide bonds. The van der Waals surface area contributed by atoms with Crippen molar-refractivity contribution in [2.45, 2.75) is 63.6 Å². The zero-order valence-electron chi connectivity index (χ0n) is 20.6. The number of piperazine rings is 1. The third kappa shape index (κ3) is 7.15. The minimum Gasteiger partial charge on any atom is -0.467 e. The summed E-state index contributed by atoms with van der Waals surface area (Å²) >= 11 is 0. The quantitative estimate of drug-likeness (QED) is 0.500. The van der Waals surface area contributed by atoms with Crippen molar-refractivity contribution in [3.63, 3.8) is 0 Å². The number of ether oxygens (including phenoxy) is 1. The molecule has 0 spiro atoms. The molecular weight excluding hydrogens is 446 g/mol. The zero-order valence-corrected chi connectivity index (χ0v) is 20.6. The number of amides is 3. The number of methoxy groups -OCH3 is 1. The van der Waals surface area contributed by atoms with Gasteiger partial charge in [-0.2, -0.15) is 0 Å². The Labute approximate surface area is 205 Å². The summed E-state index contributed by atoms with van der Waals surface area (Å²) in [6.07, 6.45) is 0.313. The molecule has 1 aliphatic heterocycles. The molecule has 3 atom stereocenters. The highest BCUT2D eigenvalue weighted by Crippen LogP contribution is 2.22. The van der Waals surface area contributed by atoms with E-state index in [4.69, 9.17) is 4.74 Å². The number of carbonyl (C=O) groups is 4. The Kier molecular flexibility index (Phi) is 8.27. The fraction of sp³-hybridized carbons (Fsp3) is 0.407. The van der Waals surface area contributed by atoms with E-state index in [1.165, 1.54) is 7.11 Å². The number of esters is 1. The molecule has 0 saturated carbocycles. The minimum atomic E-state index is -1.01. The molecule has 1 fully saturated rings. The Morgan fingerprint density at radius 1 is 0.914 bits per heavy atom. The van der Waals surface area contributed by atoms with E-state index in [-0.39, 0.29) is 24.2 Å². The molecule has 0 bridgehead atoms. The number of nitrogens with one attached hydrogen (secondary N) is 3. The Morgan fingerprint density at radius 3 is 2.11 bits per heavy atom. The highest BCUT2D eigenvalue weighted by molar-refractivity contribution is 5.99. The molecule has 8 heteroatoms. The summed E-state index contributed by atoms with van der Waals surface area (Å²) in [5.74, 6) is -1.91. The van der Waals surface area contributed by atoms with Crippen molar-refractivity contribution in [2.24, 2.45) is 0 Å². The van der Waals surface area contributed by atoms with E-state index in [2.05, 4.69) is 36.7 Å². The van der Waals surface area contributed by atoms with Crippen molar-refractivity contribution in [3.8, 4) is 0 Å². The molecule has 0 aromatic heterocycles. The van der Waals surface area contributed by atoms with E-state index >= 15 is 0 Å². The van der Waals surface area contributed by atoms with Crippen LogP contribution in [0.15, 0.2) is 54.6 Å². The van der Waals surface area contributed by atoms with Crippen LogP contribution in [0.2, 0.25) is 0 Å². The maximum Gasteiger partial charge on any atom is 0.328 e. The van der Waals surface area contributed by atoms with Crippen molar-refractivity contribution >= 4 is 23.7 Å². The topological polar surface area (TPSA) is 114 Å². The van der Waals surface area contributed by atoms with Crippen molar-refractivity contribution in [2.75, 3.05) is 7.11 Å². The highest BCUT2D eigenvalue weighted by atomic mass is 16.5. The Morgan fingerprint density at radius 2 is 1.51 bits per heavy atom. The average Bonchev–Trinajstić information content (AvgIpc) is 2.81. The van der Waals surface area contributed by atoms with Gasteiger partial charge in [0.25, 0.3) is 0 Å². The van der Waals surface area contributed by atoms with E-state index < -0.39 is 35.9 Å². The van der Waals surface area contributed by atoms with Crippen molar-refractivity contribution in [1.82, 2.24) is 16.0 Å². The van der Waals surface area contributed by atoms with Crippen LogP contribution in [0.3, 0.4) is 0 Å². The van der Waals surface area contributed by atoms with Gasteiger partial charge in [-0.15, -0.1) is 0 Å². The van der Waals surface area contributed by atoms with E-state index in [1.54, 1.807) is 0 Å². The Hall–Kier alpha value is -3.68. The number of benzene rings is 2. The molecule has 3 rings (SSSR count). The van der Waals surface area contributed by atoms with E-state index in [0.29, 0.717) is 6.42 Å². The monoisotopic (exact) mass is 479 g/mol.